The third kappa shape index (κ3) is 2.05. The lowest BCUT2D eigenvalue weighted by Crippen LogP contribution is -2.51. The lowest BCUT2D eigenvalue weighted by molar-refractivity contribution is -0.0815. The van der Waals surface area contributed by atoms with Crippen LogP contribution in [-0.2, 0) is 4.84 Å². The topological polar surface area (TPSA) is 41.8 Å². The molecule has 0 aromatic rings. The van der Waals surface area contributed by atoms with Crippen molar-refractivity contribution in [3.8, 4) is 12.3 Å². The largest absolute Gasteiger partial charge is 0.399 e. The molecule has 0 radical (unpaired) electrons. The molecule has 1 N–H and O–H groups in total. The highest BCUT2D eigenvalue weighted by Crippen LogP contribution is 2.64. The minimum Gasteiger partial charge on any atom is -0.399 e. The fraction of sp³-hybridized carbons (Fsp3) is 0.667. The van der Waals surface area contributed by atoms with E-state index in [0.717, 1.165) is 37.8 Å². The zero-order valence-electron chi connectivity index (χ0n) is 14.7. The molecule has 0 saturated heterocycles. The summed E-state index contributed by atoms with van der Waals surface area (Å²) in [6, 6.07) is 0. The molecule has 0 aromatic carbocycles. The van der Waals surface area contributed by atoms with Crippen molar-refractivity contribution in [2.45, 2.75) is 51.0 Å². The Labute approximate surface area is 144 Å². The predicted octanol–water partition coefficient (Wildman–Crippen LogP) is 3.70. The SMILES string of the molecule is C#C[C@@]1(O)CC[C@H]2[C@@H]3CCC4=C/C(=N/OC)C=C[C@@H]4[C@H]3CC[C@@]21C. The number of allylic oxidation sites excluding steroid dienone is 4. The van der Waals surface area contributed by atoms with Crippen LogP contribution in [0, 0.1) is 41.4 Å². The van der Waals surface area contributed by atoms with Crippen molar-refractivity contribution in [3.63, 3.8) is 0 Å². The third-order valence-electron chi connectivity index (χ3n) is 7.54. The van der Waals surface area contributed by atoms with Crippen molar-refractivity contribution in [2.75, 3.05) is 7.11 Å². The van der Waals surface area contributed by atoms with Gasteiger partial charge in [0.25, 0.3) is 0 Å². The lowest BCUT2D eigenvalue weighted by atomic mass is 9.51. The third-order valence-corrected chi connectivity index (χ3v) is 7.54. The Balaban J connectivity index is 1.62. The van der Waals surface area contributed by atoms with Gasteiger partial charge in [0.2, 0.25) is 0 Å². The van der Waals surface area contributed by atoms with Gasteiger partial charge in [0, 0.05) is 11.3 Å². The molecular weight excluding hydrogens is 298 g/mol. The maximum atomic E-state index is 11.0. The first-order valence-electron chi connectivity index (χ1n) is 9.22. The molecule has 0 spiro atoms. The van der Waals surface area contributed by atoms with E-state index in [1.807, 2.05) is 0 Å². The van der Waals surface area contributed by atoms with Crippen molar-refractivity contribution in [2.24, 2.45) is 34.2 Å². The van der Waals surface area contributed by atoms with Gasteiger partial charge < -0.3 is 9.94 Å². The van der Waals surface area contributed by atoms with Crippen LogP contribution in [0.2, 0.25) is 0 Å². The molecule has 0 bridgehead atoms. The average molecular weight is 325 g/mol. The van der Waals surface area contributed by atoms with Gasteiger partial charge in [-0.15, -0.1) is 6.42 Å². The number of hydrogen-bond donors (Lipinski definition) is 1. The number of fused-ring (bicyclic) bond motifs is 5. The van der Waals surface area contributed by atoms with Gasteiger partial charge >= 0.3 is 0 Å². The molecule has 3 fully saturated rings. The van der Waals surface area contributed by atoms with E-state index < -0.39 is 5.60 Å². The molecule has 0 unspecified atom stereocenters. The molecule has 3 saturated carbocycles. The molecule has 0 aliphatic heterocycles. The number of terminal acetylenes is 1. The zero-order valence-corrected chi connectivity index (χ0v) is 14.7. The van der Waals surface area contributed by atoms with E-state index in [0.29, 0.717) is 23.7 Å². The van der Waals surface area contributed by atoms with E-state index in [9.17, 15) is 5.11 Å². The Hall–Kier alpha value is -1.53. The van der Waals surface area contributed by atoms with E-state index in [1.165, 1.54) is 12.0 Å². The first-order valence-corrected chi connectivity index (χ1v) is 9.22. The Kier molecular flexibility index (Phi) is 3.65. The van der Waals surface area contributed by atoms with Crippen molar-refractivity contribution in [1.29, 1.82) is 0 Å². The van der Waals surface area contributed by atoms with Gasteiger partial charge in [-0.2, -0.15) is 0 Å². The van der Waals surface area contributed by atoms with Crippen LogP contribution in [-0.4, -0.2) is 23.5 Å². The Morgan fingerprint density at radius 1 is 1.29 bits per heavy atom. The fourth-order valence-electron chi connectivity index (χ4n) is 6.24. The Morgan fingerprint density at radius 3 is 2.88 bits per heavy atom. The fourth-order valence-corrected chi connectivity index (χ4v) is 6.24. The molecule has 24 heavy (non-hydrogen) atoms. The average Bonchev–Trinajstić information content (AvgIpc) is 2.87. The van der Waals surface area contributed by atoms with Crippen molar-refractivity contribution < 1.29 is 9.94 Å². The number of hydrogen-bond acceptors (Lipinski definition) is 3. The highest BCUT2D eigenvalue weighted by Gasteiger charge is 2.61. The highest BCUT2D eigenvalue weighted by molar-refractivity contribution is 6.05. The van der Waals surface area contributed by atoms with E-state index in [4.69, 9.17) is 11.3 Å². The van der Waals surface area contributed by atoms with Crippen LogP contribution < -0.4 is 0 Å². The predicted molar refractivity (Wildman–Crippen MR) is 95.2 cm³/mol. The van der Waals surface area contributed by atoms with Gasteiger partial charge in [-0.25, -0.2) is 0 Å². The Bertz CT molecular complexity index is 670. The summed E-state index contributed by atoms with van der Waals surface area (Å²) in [6.07, 6.45) is 18.7. The summed E-state index contributed by atoms with van der Waals surface area (Å²) in [5.74, 6) is 5.20. The normalized spacial score (nSPS) is 48.1. The summed E-state index contributed by atoms with van der Waals surface area (Å²) in [5, 5.41) is 15.1. The molecular formula is C21H27NO2. The van der Waals surface area contributed by atoms with E-state index in [1.54, 1.807) is 7.11 Å². The minimum atomic E-state index is -0.903. The van der Waals surface area contributed by atoms with Gasteiger partial charge in [-0.1, -0.05) is 29.6 Å². The second-order valence-corrected chi connectivity index (χ2v) is 8.28. The molecule has 4 rings (SSSR count). The van der Waals surface area contributed by atoms with Gasteiger partial charge in [-0.3, -0.25) is 0 Å². The second-order valence-electron chi connectivity index (χ2n) is 8.28. The molecule has 4 aliphatic carbocycles. The van der Waals surface area contributed by atoms with E-state index in [2.05, 4.69) is 36.2 Å². The van der Waals surface area contributed by atoms with Gasteiger partial charge in [-0.05, 0) is 68.4 Å². The van der Waals surface area contributed by atoms with Crippen LogP contribution in [0.4, 0.5) is 0 Å². The zero-order chi connectivity index (χ0) is 16.9. The molecule has 128 valence electrons. The maximum absolute atomic E-state index is 11.0. The molecule has 4 aliphatic rings. The molecule has 0 heterocycles. The van der Waals surface area contributed by atoms with Crippen molar-refractivity contribution in [1.82, 2.24) is 0 Å². The number of aliphatic hydroxyl groups is 1. The van der Waals surface area contributed by atoms with Gasteiger partial charge in [0.1, 0.15) is 18.4 Å². The minimum absolute atomic E-state index is 0.106. The summed E-state index contributed by atoms with van der Waals surface area (Å²) >= 11 is 0. The Morgan fingerprint density at radius 2 is 2.12 bits per heavy atom. The van der Waals surface area contributed by atoms with Crippen LogP contribution in [0.3, 0.4) is 0 Å². The van der Waals surface area contributed by atoms with Crippen molar-refractivity contribution >= 4 is 5.71 Å². The molecule has 6 atom stereocenters. The highest BCUT2D eigenvalue weighted by atomic mass is 16.6. The smallest absolute Gasteiger partial charge is 0.130 e. The summed E-state index contributed by atoms with van der Waals surface area (Å²) in [5.41, 5.74) is 1.42. The first-order chi connectivity index (χ1) is 11.5. The summed E-state index contributed by atoms with van der Waals surface area (Å²) < 4.78 is 0. The van der Waals surface area contributed by atoms with Crippen LogP contribution in [0.5, 0.6) is 0 Å². The van der Waals surface area contributed by atoms with Crippen LogP contribution in [0.15, 0.2) is 29.0 Å². The van der Waals surface area contributed by atoms with Crippen LogP contribution in [0.1, 0.15) is 45.4 Å². The standard InChI is InChI=1S/C21H27NO2/c1-4-21(23)12-10-19-18-7-5-14-13-15(22-24-3)6-8-16(14)17(18)9-11-20(19,21)2/h1,6,8,13,16-19,23H,5,7,9-12H2,2-3H3/b22-15+/t16-,17+,18+,19-,20-,21+/m0/s1. The quantitative estimate of drug-likeness (QED) is 0.590. The molecule has 0 aromatic heterocycles. The molecule has 0 amide bonds. The second kappa shape index (κ2) is 5.49. The first kappa shape index (κ1) is 16.0. The molecule has 3 nitrogen and oxygen atoms in total. The van der Waals surface area contributed by atoms with Crippen molar-refractivity contribution in [3.05, 3.63) is 23.8 Å². The van der Waals surface area contributed by atoms with Crippen LogP contribution >= 0.6 is 0 Å². The van der Waals surface area contributed by atoms with Gasteiger partial charge in [0.05, 0.1) is 0 Å². The lowest BCUT2D eigenvalue weighted by Gasteiger charge is -2.54. The van der Waals surface area contributed by atoms with E-state index >= 15 is 0 Å². The molecule has 3 heteroatoms. The summed E-state index contributed by atoms with van der Waals surface area (Å²) in [7, 11) is 1.59. The summed E-state index contributed by atoms with van der Waals surface area (Å²) in [6.45, 7) is 2.24. The number of oxime groups is 1. The maximum Gasteiger partial charge on any atom is 0.130 e. The monoisotopic (exact) mass is 325 g/mol. The van der Waals surface area contributed by atoms with Crippen LogP contribution in [0.25, 0.3) is 0 Å². The number of rotatable bonds is 1. The summed E-state index contributed by atoms with van der Waals surface area (Å²) in [4.78, 5) is 4.92. The number of nitrogens with zero attached hydrogens (tertiary/aromatic N) is 1. The van der Waals surface area contributed by atoms with Gasteiger partial charge in [0.15, 0.2) is 0 Å². The van der Waals surface area contributed by atoms with E-state index in [-0.39, 0.29) is 5.41 Å².